The lowest BCUT2D eigenvalue weighted by Crippen LogP contribution is -2.41. The van der Waals surface area contributed by atoms with Crippen molar-refractivity contribution in [2.45, 2.75) is 19.8 Å². The van der Waals surface area contributed by atoms with Crippen molar-refractivity contribution in [2.24, 2.45) is 5.92 Å². The molecule has 5 rings (SSSR count). The Kier molecular flexibility index (Phi) is 5.09. The number of hydrogen-bond donors (Lipinski definition) is 0. The maximum Gasteiger partial charge on any atom is 0.255 e. The second kappa shape index (κ2) is 8.04. The van der Waals surface area contributed by atoms with Gasteiger partial charge in [-0.3, -0.25) is 4.79 Å². The van der Waals surface area contributed by atoms with Crippen LogP contribution in [0, 0.1) is 5.92 Å². The highest BCUT2D eigenvalue weighted by Gasteiger charge is 2.30. The first-order valence-corrected chi connectivity index (χ1v) is 10.8. The first kappa shape index (κ1) is 19.0. The minimum absolute atomic E-state index is 0.112. The Morgan fingerprint density at radius 2 is 1.77 bits per heavy atom. The van der Waals surface area contributed by atoms with Crippen molar-refractivity contribution in [1.82, 2.24) is 9.88 Å². The van der Waals surface area contributed by atoms with E-state index in [-0.39, 0.29) is 5.91 Å². The number of pyridine rings is 1. The molecule has 2 heterocycles. The minimum Gasteiger partial charge on any atom is -0.378 e. The molecule has 1 aliphatic carbocycles. The van der Waals surface area contributed by atoms with Crippen LogP contribution in [-0.4, -0.2) is 42.1 Å². The lowest BCUT2D eigenvalue weighted by molar-refractivity contribution is 0.0303. The number of para-hydroxylation sites is 1. The SMILES string of the molecule is CC1C/C(=C\c2ccccc2)c2nc3ccccc3c(C(=O)N3CCOCC3)c2C1. The summed E-state index contributed by atoms with van der Waals surface area (Å²) in [5.74, 6) is 0.577. The first-order valence-electron chi connectivity index (χ1n) is 10.8. The molecule has 2 aliphatic rings. The molecule has 1 saturated heterocycles. The fourth-order valence-corrected chi connectivity index (χ4v) is 4.66. The van der Waals surface area contributed by atoms with E-state index in [2.05, 4.69) is 37.3 Å². The van der Waals surface area contributed by atoms with Gasteiger partial charge < -0.3 is 9.64 Å². The van der Waals surface area contributed by atoms with Crippen LogP contribution >= 0.6 is 0 Å². The van der Waals surface area contributed by atoms with Crippen molar-refractivity contribution >= 4 is 28.5 Å². The molecule has 1 fully saturated rings. The standard InChI is InChI=1S/C26H26N2O2/c1-18-15-20(17-19-7-3-2-4-8-19)25-22(16-18)24(21-9-5-6-10-23(21)27-25)26(29)28-11-13-30-14-12-28/h2-10,17-18H,11-16H2,1H3/b20-17+. The molecule has 1 aliphatic heterocycles. The molecule has 0 bridgehead atoms. The first-order chi connectivity index (χ1) is 14.7. The quantitative estimate of drug-likeness (QED) is 0.621. The van der Waals surface area contributed by atoms with Crippen LogP contribution in [0.1, 0.15) is 40.5 Å². The number of fused-ring (bicyclic) bond motifs is 2. The highest BCUT2D eigenvalue weighted by molar-refractivity contribution is 6.09. The normalized spacial score (nSPS) is 20.4. The number of morpholine rings is 1. The van der Waals surface area contributed by atoms with Gasteiger partial charge in [0.05, 0.1) is 30.0 Å². The van der Waals surface area contributed by atoms with Crippen LogP contribution < -0.4 is 0 Å². The number of aromatic nitrogens is 1. The van der Waals surface area contributed by atoms with Crippen LogP contribution in [0.25, 0.3) is 22.6 Å². The molecule has 3 aromatic rings. The van der Waals surface area contributed by atoms with Crippen LogP contribution in [0.2, 0.25) is 0 Å². The molecule has 1 unspecified atom stereocenters. The topological polar surface area (TPSA) is 42.4 Å². The van der Waals surface area contributed by atoms with Gasteiger partial charge in [0.1, 0.15) is 0 Å². The van der Waals surface area contributed by atoms with Gasteiger partial charge in [-0.15, -0.1) is 0 Å². The molecule has 1 amide bonds. The van der Waals surface area contributed by atoms with E-state index in [9.17, 15) is 4.79 Å². The molecule has 4 heteroatoms. The number of hydrogen-bond acceptors (Lipinski definition) is 3. The second-order valence-electron chi connectivity index (χ2n) is 8.33. The fraction of sp³-hybridized carbons (Fsp3) is 0.308. The van der Waals surface area contributed by atoms with Crippen LogP contribution in [0.15, 0.2) is 54.6 Å². The lowest BCUT2D eigenvalue weighted by Gasteiger charge is -2.31. The van der Waals surface area contributed by atoms with Crippen LogP contribution in [0.5, 0.6) is 0 Å². The molecule has 152 valence electrons. The summed E-state index contributed by atoms with van der Waals surface area (Å²) in [6.07, 6.45) is 4.09. The molecule has 1 atom stereocenters. The van der Waals surface area contributed by atoms with Crippen LogP contribution in [-0.2, 0) is 11.2 Å². The highest BCUT2D eigenvalue weighted by Crippen LogP contribution is 2.39. The summed E-state index contributed by atoms with van der Waals surface area (Å²) in [7, 11) is 0. The van der Waals surface area contributed by atoms with E-state index in [1.165, 1.54) is 11.1 Å². The number of nitrogens with zero attached hydrogens (tertiary/aromatic N) is 2. The van der Waals surface area contributed by atoms with Crippen molar-refractivity contribution in [3.05, 3.63) is 77.0 Å². The third kappa shape index (κ3) is 3.52. The average Bonchev–Trinajstić information content (AvgIpc) is 2.78. The predicted octanol–water partition coefficient (Wildman–Crippen LogP) is 4.83. The molecule has 0 saturated carbocycles. The number of amides is 1. The van der Waals surface area contributed by atoms with Crippen molar-refractivity contribution in [3.63, 3.8) is 0 Å². The number of carbonyl (C=O) groups is 1. The predicted molar refractivity (Wildman–Crippen MR) is 120 cm³/mol. The fourth-order valence-electron chi connectivity index (χ4n) is 4.66. The molecule has 4 nitrogen and oxygen atoms in total. The molecule has 0 radical (unpaired) electrons. The van der Waals surface area contributed by atoms with Gasteiger partial charge in [-0.05, 0) is 47.6 Å². The molecular weight excluding hydrogens is 372 g/mol. The Bertz CT molecular complexity index is 1110. The van der Waals surface area contributed by atoms with Crippen molar-refractivity contribution < 1.29 is 9.53 Å². The lowest BCUT2D eigenvalue weighted by atomic mass is 9.80. The minimum atomic E-state index is 0.112. The zero-order chi connectivity index (χ0) is 20.5. The van der Waals surface area contributed by atoms with Gasteiger partial charge in [-0.25, -0.2) is 4.98 Å². The van der Waals surface area contributed by atoms with Gasteiger partial charge in [0.2, 0.25) is 0 Å². The molecule has 0 N–H and O–H groups in total. The average molecular weight is 399 g/mol. The van der Waals surface area contributed by atoms with E-state index in [1.807, 2.05) is 35.2 Å². The van der Waals surface area contributed by atoms with Crippen molar-refractivity contribution in [1.29, 1.82) is 0 Å². The monoisotopic (exact) mass is 398 g/mol. The molecule has 2 aromatic carbocycles. The maximum atomic E-state index is 13.7. The van der Waals surface area contributed by atoms with E-state index in [4.69, 9.17) is 9.72 Å². The van der Waals surface area contributed by atoms with Crippen LogP contribution in [0.3, 0.4) is 0 Å². The Labute approximate surface area is 177 Å². The van der Waals surface area contributed by atoms with E-state index in [0.29, 0.717) is 32.2 Å². The van der Waals surface area contributed by atoms with Gasteiger partial charge in [0, 0.05) is 18.5 Å². The van der Waals surface area contributed by atoms with E-state index in [0.717, 1.165) is 40.6 Å². The summed E-state index contributed by atoms with van der Waals surface area (Å²) in [6, 6.07) is 18.4. The number of carbonyl (C=O) groups excluding carboxylic acids is 1. The smallest absolute Gasteiger partial charge is 0.255 e. The van der Waals surface area contributed by atoms with Gasteiger partial charge >= 0.3 is 0 Å². The summed E-state index contributed by atoms with van der Waals surface area (Å²) < 4.78 is 5.47. The highest BCUT2D eigenvalue weighted by atomic mass is 16.5. The number of rotatable bonds is 2. The summed E-state index contributed by atoms with van der Waals surface area (Å²) in [6.45, 7) is 4.76. The summed E-state index contributed by atoms with van der Waals surface area (Å²) >= 11 is 0. The maximum absolute atomic E-state index is 13.7. The zero-order valence-corrected chi connectivity index (χ0v) is 17.3. The molecule has 30 heavy (non-hydrogen) atoms. The van der Waals surface area contributed by atoms with Gasteiger partial charge in [-0.1, -0.05) is 55.5 Å². The third-order valence-electron chi connectivity index (χ3n) is 6.07. The van der Waals surface area contributed by atoms with E-state index >= 15 is 0 Å². The Hall–Kier alpha value is -2.98. The Morgan fingerprint density at radius 3 is 2.57 bits per heavy atom. The number of ether oxygens (including phenoxy) is 1. The summed E-state index contributed by atoms with van der Waals surface area (Å²) in [5.41, 5.74) is 6.21. The van der Waals surface area contributed by atoms with E-state index in [1.54, 1.807) is 0 Å². The Balaban J connectivity index is 1.71. The van der Waals surface area contributed by atoms with E-state index < -0.39 is 0 Å². The van der Waals surface area contributed by atoms with Gasteiger partial charge in [-0.2, -0.15) is 0 Å². The molecule has 0 spiro atoms. The van der Waals surface area contributed by atoms with Gasteiger partial charge in [0.25, 0.3) is 5.91 Å². The van der Waals surface area contributed by atoms with Crippen molar-refractivity contribution in [3.8, 4) is 0 Å². The molecule has 1 aromatic heterocycles. The zero-order valence-electron chi connectivity index (χ0n) is 17.3. The Morgan fingerprint density at radius 1 is 1.03 bits per heavy atom. The van der Waals surface area contributed by atoms with Crippen LogP contribution in [0.4, 0.5) is 0 Å². The summed E-state index contributed by atoms with van der Waals surface area (Å²) in [5, 5.41) is 0.959. The number of allylic oxidation sites excluding steroid dienone is 1. The van der Waals surface area contributed by atoms with Crippen molar-refractivity contribution in [2.75, 3.05) is 26.3 Å². The van der Waals surface area contributed by atoms with Gasteiger partial charge in [0.15, 0.2) is 0 Å². The number of benzene rings is 2. The third-order valence-corrected chi connectivity index (χ3v) is 6.07. The summed E-state index contributed by atoms with van der Waals surface area (Å²) in [4.78, 5) is 20.7. The molecular formula is C26H26N2O2. The second-order valence-corrected chi connectivity index (χ2v) is 8.33. The largest absolute Gasteiger partial charge is 0.378 e.